The van der Waals surface area contributed by atoms with E-state index in [-0.39, 0.29) is 0 Å². The molecule has 3 heterocycles. The molecule has 22 heavy (non-hydrogen) atoms. The fourth-order valence-corrected chi connectivity index (χ4v) is 3.11. The first kappa shape index (κ1) is 13.3. The van der Waals surface area contributed by atoms with Gasteiger partial charge in [0.2, 0.25) is 0 Å². The Hall–Kier alpha value is -2.40. The van der Waals surface area contributed by atoms with Gasteiger partial charge in [0.05, 0.1) is 5.69 Å². The standard InChI is InChI=1S/C17H19N5/c1-2-5-14(6-3-1)20-15-9-10-21(11-15)12-16-7-4-8-17-18-13-19-22(16)17/h1-8,13,15,20H,9-12H2. The van der Waals surface area contributed by atoms with E-state index in [0.717, 1.165) is 25.3 Å². The summed E-state index contributed by atoms with van der Waals surface area (Å²) in [5.74, 6) is 0. The molecular weight excluding hydrogens is 274 g/mol. The second kappa shape index (κ2) is 5.77. The molecule has 0 aliphatic carbocycles. The number of hydrogen-bond acceptors (Lipinski definition) is 4. The highest BCUT2D eigenvalue weighted by Crippen LogP contribution is 2.18. The largest absolute Gasteiger partial charge is 0.381 e. The van der Waals surface area contributed by atoms with Crippen molar-refractivity contribution in [3.8, 4) is 0 Å². The zero-order chi connectivity index (χ0) is 14.8. The summed E-state index contributed by atoms with van der Waals surface area (Å²) in [5.41, 5.74) is 3.30. The molecule has 1 atom stereocenters. The van der Waals surface area contributed by atoms with Crippen LogP contribution in [0.4, 0.5) is 5.69 Å². The van der Waals surface area contributed by atoms with Crippen molar-refractivity contribution in [2.75, 3.05) is 18.4 Å². The highest BCUT2D eigenvalue weighted by atomic mass is 15.3. The Labute approximate surface area is 129 Å². The van der Waals surface area contributed by atoms with Gasteiger partial charge in [-0.2, -0.15) is 5.10 Å². The quantitative estimate of drug-likeness (QED) is 0.802. The predicted octanol–water partition coefficient (Wildman–Crippen LogP) is 2.42. The molecule has 5 nitrogen and oxygen atoms in total. The maximum atomic E-state index is 4.31. The SMILES string of the molecule is c1ccc(NC2CCN(Cc3cccc4ncnn34)C2)cc1. The normalized spacial score (nSPS) is 18.8. The molecule has 0 spiro atoms. The number of likely N-dealkylation sites (tertiary alicyclic amines) is 1. The third-order valence-corrected chi connectivity index (χ3v) is 4.18. The number of rotatable bonds is 4. The van der Waals surface area contributed by atoms with Crippen molar-refractivity contribution in [2.45, 2.75) is 19.0 Å². The van der Waals surface area contributed by atoms with Crippen molar-refractivity contribution < 1.29 is 0 Å². The number of para-hydroxylation sites is 1. The van der Waals surface area contributed by atoms with Crippen molar-refractivity contribution in [1.82, 2.24) is 19.5 Å². The summed E-state index contributed by atoms with van der Waals surface area (Å²) in [6, 6.07) is 17.1. The number of benzene rings is 1. The Balaban J connectivity index is 1.42. The number of fused-ring (bicyclic) bond motifs is 1. The van der Waals surface area contributed by atoms with Crippen LogP contribution < -0.4 is 5.32 Å². The van der Waals surface area contributed by atoms with Gasteiger partial charge in [-0.3, -0.25) is 4.90 Å². The zero-order valence-electron chi connectivity index (χ0n) is 12.4. The van der Waals surface area contributed by atoms with Crippen molar-refractivity contribution in [1.29, 1.82) is 0 Å². The molecular formula is C17H19N5. The fourth-order valence-electron chi connectivity index (χ4n) is 3.11. The molecule has 0 bridgehead atoms. The molecule has 1 aliphatic heterocycles. The second-order valence-corrected chi connectivity index (χ2v) is 5.78. The Morgan fingerprint density at radius 1 is 1.09 bits per heavy atom. The van der Waals surface area contributed by atoms with E-state index in [2.05, 4.69) is 56.7 Å². The summed E-state index contributed by atoms with van der Waals surface area (Å²) in [7, 11) is 0. The molecule has 4 rings (SSSR count). The van der Waals surface area contributed by atoms with Gasteiger partial charge in [0.25, 0.3) is 0 Å². The van der Waals surface area contributed by atoms with Gasteiger partial charge in [-0.1, -0.05) is 24.3 Å². The molecule has 0 saturated carbocycles. The molecule has 1 aliphatic rings. The van der Waals surface area contributed by atoms with E-state index in [4.69, 9.17) is 0 Å². The van der Waals surface area contributed by atoms with Crippen LogP contribution in [0.3, 0.4) is 0 Å². The van der Waals surface area contributed by atoms with Crippen molar-refractivity contribution in [3.63, 3.8) is 0 Å². The van der Waals surface area contributed by atoms with Gasteiger partial charge in [-0.25, -0.2) is 9.50 Å². The third kappa shape index (κ3) is 2.67. The Bertz CT molecular complexity index is 752. The molecule has 1 saturated heterocycles. The first-order chi connectivity index (χ1) is 10.9. The Morgan fingerprint density at radius 2 is 2.00 bits per heavy atom. The minimum Gasteiger partial charge on any atom is -0.381 e. The van der Waals surface area contributed by atoms with Crippen LogP contribution in [-0.2, 0) is 6.54 Å². The smallest absolute Gasteiger partial charge is 0.155 e. The molecule has 2 aromatic heterocycles. The number of anilines is 1. The molecule has 0 amide bonds. The minimum atomic E-state index is 0.511. The van der Waals surface area contributed by atoms with E-state index >= 15 is 0 Å². The molecule has 1 N–H and O–H groups in total. The minimum absolute atomic E-state index is 0.511. The summed E-state index contributed by atoms with van der Waals surface area (Å²) < 4.78 is 1.93. The highest BCUT2D eigenvalue weighted by Gasteiger charge is 2.22. The van der Waals surface area contributed by atoms with E-state index in [1.165, 1.54) is 17.8 Å². The lowest BCUT2D eigenvalue weighted by atomic mass is 10.2. The van der Waals surface area contributed by atoms with Crippen LogP contribution in [-0.4, -0.2) is 38.6 Å². The van der Waals surface area contributed by atoms with Crippen LogP contribution in [0.2, 0.25) is 0 Å². The average Bonchev–Trinajstić information content (AvgIpc) is 3.18. The number of aromatic nitrogens is 3. The van der Waals surface area contributed by atoms with Gasteiger partial charge in [0.15, 0.2) is 5.65 Å². The lowest BCUT2D eigenvalue weighted by Gasteiger charge is -2.17. The van der Waals surface area contributed by atoms with Crippen LogP contribution in [0.1, 0.15) is 12.1 Å². The lowest BCUT2D eigenvalue weighted by molar-refractivity contribution is 0.321. The van der Waals surface area contributed by atoms with Crippen molar-refractivity contribution in [3.05, 3.63) is 60.6 Å². The van der Waals surface area contributed by atoms with Crippen LogP contribution in [0.5, 0.6) is 0 Å². The predicted molar refractivity (Wildman–Crippen MR) is 86.7 cm³/mol. The van der Waals surface area contributed by atoms with Gasteiger partial charge in [0.1, 0.15) is 6.33 Å². The topological polar surface area (TPSA) is 45.5 Å². The van der Waals surface area contributed by atoms with Gasteiger partial charge >= 0.3 is 0 Å². The van der Waals surface area contributed by atoms with E-state index in [1.807, 2.05) is 16.6 Å². The summed E-state index contributed by atoms with van der Waals surface area (Å²) in [4.78, 5) is 6.72. The van der Waals surface area contributed by atoms with E-state index in [0.29, 0.717) is 6.04 Å². The molecule has 1 aromatic carbocycles. The second-order valence-electron chi connectivity index (χ2n) is 5.78. The summed E-state index contributed by atoms with van der Waals surface area (Å²) in [5, 5.41) is 7.92. The van der Waals surface area contributed by atoms with Crippen LogP contribution in [0.25, 0.3) is 5.65 Å². The summed E-state index contributed by atoms with van der Waals surface area (Å²) in [6.07, 6.45) is 2.78. The maximum absolute atomic E-state index is 4.31. The number of nitrogens with one attached hydrogen (secondary N) is 1. The first-order valence-electron chi connectivity index (χ1n) is 7.70. The van der Waals surface area contributed by atoms with Crippen LogP contribution in [0.15, 0.2) is 54.9 Å². The van der Waals surface area contributed by atoms with Gasteiger partial charge in [-0.15, -0.1) is 0 Å². The number of nitrogens with zero attached hydrogens (tertiary/aromatic N) is 4. The van der Waals surface area contributed by atoms with E-state index in [1.54, 1.807) is 6.33 Å². The lowest BCUT2D eigenvalue weighted by Crippen LogP contribution is -2.26. The van der Waals surface area contributed by atoms with Gasteiger partial charge in [0, 0.05) is 31.4 Å². The summed E-state index contributed by atoms with van der Waals surface area (Å²) in [6.45, 7) is 3.07. The Morgan fingerprint density at radius 3 is 2.91 bits per heavy atom. The molecule has 0 radical (unpaired) electrons. The fraction of sp³-hybridized carbons (Fsp3) is 0.294. The summed E-state index contributed by atoms with van der Waals surface area (Å²) >= 11 is 0. The maximum Gasteiger partial charge on any atom is 0.155 e. The highest BCUT2D eigenvalue weighted by molar-refractivity contribution is 5.43. The van der Waals surface area contributed by atoms with Crippen molar-refractivity contribution >= 4 is 11.3 Å². The molecule has 1 fully saturated rings. The Kier molecular flexibility index (Phi) is 3.48. The monoisotopic (exact) mass is 293 g/mol. The van der Waals surface area contributed by atoms with Crippen LogP contribution >= 0.6 is 0 Å². The van der Waals surface area contributed by atoms with Gasteiger partial charge in [-0.05, 0) is 30.7 Å². The van der Waals surface area contributed by atoms with Gasteiger partial charge < -0.3 is 5.32 Å². The van der Waals surface area contributed by atoms with Crippen LogP contribution in [0, 0.1) is 0 Å². The number of hydrogen-bond donors (Lipinski definition) is 1. The molecule has 112 valence electrons. The van der Waals surface area contributed by atoms with Crippen molar-refractivity contribution in [2.24, 2.45) is 0 Å². The van der Waals surface area contributed by atoms with E-state index in [9.17, 15) is 0 Å². The van der Waals surface area contributed by atoms with E-state index < -0.39 is 0 Å². The number of pyridine rings is 1. The molecule has 1 unspecified atom stereocenters. The molecule has 5 heteroatoms. The third-order valence-electron chi connectivity index (χ3n) is 4.18. The first-order valence-corrected chi connectivity index (χ1v) is 7.70. The molecule has 3 aromatic rings. The average molecular weight is 293 g/mol. The zero-order valence-corrected chi connectivity index (χ0v) is 12.4.